The Bertz CT molecular complexity index is 516. The van der Waals surface area contributed by atoms with Gasteiger partial charge >= 0.3 is 30.3 Å². The van der Waals surface area contributed by atoms with Gasteiger partial charge in [0.05, 0.1) is 6.61 Å². The molecule has 14 heteroatoms. The predicted molar refractivity (Wildman–Crippen MR) is 74.0 cm³/mol. The lowest BCUT2D eigenvalue weighted by molar-refractivity contribution is -0.412. The third-order valence-corrected chi connectivity index (χ3v) is 3.70. The smallest absolute Gasteiger partial charge is 0.449 e. The van der Waals surface area contributed by atoms with Crippen LogP contribution in [0.15, 0.2) is 0 Å². The highest BCUT2D eigenvalue weighted by Crippen LogP contribution is 2.58. The number of hydrogen-bond donors (Lipinski definition) is 0. The molecule has 28 heavy (non-hydrogen) atoms. The number of carbonyl (C=O) groups is 1. The number of hydrogen-bond acceptors (Lipinski definition) is 2. The zero-order valence-electron chi connectivity index (χ0n) is 14.7. The normalized spacial score (nSPS) is 15.9. The second-order valence-corrected chi connectivity index (χ2v) is 6.12. The zero-order valence-corrected chi connectivity index (χ0v) is 14.7. The maximum atomic E-state index is 13.9. The van der Waals surface area contributed by atoms with E-state index in [4.69, 9.17) is 0 Å². The van der Waals surface area contributed by atoms with Gasteiger partial charge in [0.1, 0.15) is 0 Å². The quantitative estimate of drug-likeness (QED) is 0.338. The van der Waals surface area contributed by atoms with Crippen LogP contribution < -0.4 is 0 Å². The molecule has 0 saturated heterocycles. The van der Waals surface area contributed by atoms with E-state index in [0.29, 0.717) is 0 Å². The fourth-order valence-electron chi connectivity index (χ4n) is 2.02. The number of rotatable bonds is 9. The van der Waals surface area contributed by atoms with Crippen LogP contribution in [0.25, 0.3) is 0 Å². The van der Waals surface area contributed by atoms with E-state index < -0.39 is 55.2 Å². The van der Waals surface area contributed by atoms with Gasteiger partial charge in [0.25, 0.3) is 5.67 Å². The second kappa shape index (κ2) is 8.89. The number of halogens is 11. The third-order valence-electron chi connectivity index (χ3n) is 3.70. The molecule has 0 rings (SSSR count). The van der Waals surface area contributed by atoms with E-state index in [1.165, 1.54) is 14.1 Å². The van der Waals surface area contributed by atoms with Crippen molar-refractivity contribution in [3.8, 4) is 0 Å². The standard InChI is InChI=1S/C14H18F11NO2/c1-26(2)9(27)28-8-6-4-3-5-7-10(15,13(20,21)22)11(16,17)12(18,19)14(23,24)25/h3-8H2,1-2H3. The average molecular weight is 441 g/mol. The van der Waals surface area contributed by atoms with E-state index in [1.807, 2.05) is 0 Å². The number of unbranched alkanes of at least 4 members (excludes halogenated alkanes) is 3. The molecule has 0 fully saturated rings. The van der Waals surface area contributed by atoms with Crippen molar-refractivity contribution in [1.29, 1.82) is 0 Å². The number of ether oxygens (including phenoxy) is 1. The third kappa shape index (κ3) is 5.52. The molecule has 0 spiro atoms. The first-order chi connectivity index (χ1) is 12.3. The summed E-state index contributed by atoms with van der Waals surface area (Å²) in [6.07, 6.45) is -18.3. The van der Waals surface area contributed by atoms with Crippen LogP contribution in [0.3, 0.4) is 0 Å². The summed E-state index contributed by atoms with van der Waals surface area (Å²) in [7, 11) is 2.72. The van der Waals surface area contributed by atoms with E-state index in [1.54, 1.807) is 0 Å². The molecule has 0 bridgehead atoms. The Morgan fingerprint density at radius 2 is 1.18 bits per heavy atom. The molecule has 0 radical (unpaired) electrons. The molecule has 0 aromatic carbocycles. The van der Waals surface area contributed by atoms with E-state index in [0.717, 1.165) is 4.90 Å². The maximum Gasteiger partial charge on any atom is 0.460 e. The summed E-state index contributed by atoms with van der Waals surface area (Å²) in [5.41, 5.74) is -6.09. The summed E-state index contributed by atoms with van der Waals surface area (Å²) in [6.45, 7) is -0.209. The summed E-state index contributed by atoms with van der Waals surface area (Å²) in [5, 5.41) is 0. The SMILES string of the molecule is CN(C)C(=O)OCCCCCCC(F)(C(F)(F)F)C(F)(F)C(F)(F)C(F)(F)F. The molecule has 0 aromatic heterocycles. The Balaban J connectivity index is 5.00. The monoisotopic (exact) mass is 441 g/mol. The van der Waals surface area contributed by atoms with Crippen LogP contribution in [0.5, 0.6) is 0 Å². The summed E-state index contributed by atoms with van der Waals surface area (Å²) >= 11 is 0. The molecule has 0 aliphatic rings. The van der Waals surface area contributed by atoms with Crippen LogP contribution in [0.2, 0.25) is 0 Å². The molecular weight excluding hydrogens is 423 g/mol. The highest BCUT2D eigenvalue weighted by atomic mass is 19.4. The molecule has 0 aliphatic carbocycles. The number of alkyl halides is 11. The molecule has 0 aliphatic heterocycles. The van der Waals surface area contributed by atoms with Crippen LogP contribution in [0, 0.1) is 0 Å². The van der Waals surface area contributed by atoms with Gasteiger partial charge in [-0.15, -0.1) is 0 Å². The summed E-state index contributed by atoms with van der Waals surface area (Å²) in [6, 6.07) is 0. The number of amides is 1. The zero-order chi connectivity index (χ0) is 22.6. The van der Waals surface area contributed by atoms with Crippen molar-refractivity contribution in [1.82, 2.24) is 4.90 Å². The summed E-state index contributed by atoms with van der Waals surface area (Å²) in [4.78, 5) is 12.1. The van der Waals surface area contributed by atoms with E-state index in [2.05, 4.69) is 4.74 Å². The second-order valence-electron chi connectivity index (χ2n) is 6.12. The highest BCUT2D eigenvalue weighted by Gasteiger charge is 2.85. The molecule has 3 nitrogen and oxygen atoms in total. The van der Waals surface area contributed by atoms with Crippen LogP contribution >= 0.6 is 0 Å². The van der Waals surface area contributed by atoms with Gasteiger partial charge in [-0.1, -0.05) is 12.8 Å². The van der Waals surface area contributed by atoms with Gasteiger partial charge in [-0.2, -0.15) is 43.9 Å². The largest absolute Gasteiger partial charge is 0.460 e. The van der Waals surface area contributed by atoms with Gasteiger partial charge in [-0.25, -0.2) is 9.18 Å². The molecule has 1 unspecified atom stereocenters. The first-order valence-corrected chi connectivity index (χ1v) is 7.75. The summed E-state index contributed by atoms with van der Waals surface area (Å²) < 4.78 is 146. The Hall–Kier alpha value is -1.50. The molecular formula is C14H18F11NO2. The van der Waals surface area contributed by atoms with Crippen molar-refractivity contribution in [2.45, 2.75) is 62.0 Å². The fourth-order valence-corrected chi connectivity index (χ4v) is 2.02. The van der Waals surface area contributed by atoms with Gasteiger partial charge in [0, 0.05) is 14.1 Å². The summed E-state index contributed by atoms with van der Waals surface area (Å²) in [5.74, 6) is -14.3. The van der Waals surface area contributed by atoms with E-state index >= 15 is 0 Å². The molecule has 0 saturated carbocycles. The fraction of sp³-hybridized carbons (Fsp3) is 0.929. The topological polar surface area (TPSA) is 29.5 Å². The van der Waals surface area contributed by atoms with Crippen molar-refractivity contribution in [2.75, 3.05) is 20.7 Å². The maximum absolute atomic E-state index is 13.9. The van der Waals surface area contributed by atoms with Crippen molar-refractivity contribution in [2.24, 2.45) is 0 Å². The molecule has 168 valence electrons. The van der Waals surface area contributed by atoms with Gasteiger partial charge in [-0.3, -0.25) is 0 Å². The minimum absolute atomic E-state index is 0.0278. The molecule has 0 N–H and O–H groups in total. The highest BCUT2D eigenvalue weighted by molar-refractivity contribution is 5.66. The van der Waals surface area contributed by atoms with Crippen LogP contribution in [-0.4, -0.2) is 61.6 Å². The average Bonchev–Trinajstić information content (AvgIpc) is 2.50. The Labute approximate surface area is 152 Å². The minimum atomic E-state index is -7.23. The lowest BCUT2D eigenvalue weighted by Gasteiger charge is -2.39. The van der Waals surface area contributed by atoms with Gasteiger partial charge in [-0.05, 0) is 19.3 Å². The number of carbonyl (C=O) groups excluding carboxylic acids is 1. The van der Waals surface area contributed by atoms with Crippen molar-refractivity contribution in [3.63, 3.8) is 0 Å². The number of nitrogens with zero attached hydrogens (tertiary/aromatic N) is 1. The van der Waals surface area contributed by atoms with Crippen molar-refractivity contribution in [3.05, 3.63) is 0 Å². The molecule has 1 amide bonds. The lowest BCUT2D eigenvalue weighted by atomic mass is 9.86. The minimum Gasteiger partial charge on any atom is -0.449 e. The first kappa shape index (κ1) is 26.5. The van der Waals surface area contributed by atoms with Gasteiger partial charge in [0.15, 0.2) is 0 Å². The Kier molecular flexibility index (Phi) is 8.41. The van der Waals surface area contributed by atoms with Crippen LogP contribution in [-0.2, 0) is 4.74 Å². The molecule has 0 aromatic rings. The lowest BCUT2D eigenvalue weighted by Crippen LogP contribution is -2.67. The molecule has 1 atom stereocenters. The first-order valence-electron chi connectivity index (χ1n) is 7.75. The van der Waals surface area contributed by atoms with Crippen LogP contribution in [0.1, 0.15) is 32.1 Å². The van der Waals surface area contributed by atoms with Gasteiger partial charge in [0.2, 0.25) is 0 Å². The van der Waals surface area contributed by atoms with Crippen LogP contribution in [0.4, 0.5) is 53.1 Å². The Morgan fingerprint density at radius 3 is 1.57 bits per heavy atom. The van der Waals surface area contributed by atoms with Crippen molar-refractivity contribution >= 4 is 6.09 Å². The Morgan fingerprint density at radius 1 is 0.714 bits per heavy atom. The predicted octanol–water partition coefficient (Wildman–Crippen LogP) is 5.74. The van der Waals surface area contributed by atoms with Crippen molar-refractivity contribution < 1.29 is 57.8 Å². The molecule has 0 heterocycles. The van der Waals surface area contributed by atoms with E-state index in [9.17, 15) is 53.1 Å². The van der Waals surface area contributed by atoms with E-state index in [-0.39, 0.29) is 19.4 Å². The van der Waals surface area contributed by atoms with Gasteiger partial charge < -0.3 is 9.64 Å².